The summed E-state index contributed by atoms with van der Waals surface area (Å²) in [6, 6.07) is 17.5. The first kappa shape index (κ1) is 19.0. The van der Waals surface area contributed by atoms with Crippen LogP contribution < -0.4 is 10.1 Å². The number of H-pyrrole nitrogens is 1. The molecule has 0 aliphatic heterocycles. The van der Waals surface area contributed by atoms with Gasteiger partial charge in [0.1, 0.15) is 28.4 Å². The number of hydrogen-bond donors (Lipinski definition) is 2. The molecule has 0 bridgehead atoms. The molecule has 0 aliphatic rings. The summed E-state index contributed by atoms with van der Waals surface area (Å²) in [4.78, 5) is 16.6. The second kappa shape index (κ2) is 8.32. The Hall–Kier alpha value is -3.38. The van der Waals surface area contributed by atoms with Crippen molar-refractivity contribution in [2.45, 2.75) is 13.3 Å². The lowest BCUT2D eigenvalue weighted by molar-refractivity contribution is 0.416. The van der Waals surface area contributed by atoms with Gasteiger partial charge in [0.2, 0.25) is 0 Å². The minimum Gasteiger partial charge on any atom is -0.496 e. The van der Waals surface area contributed by atoms with E-state index in [9.17, 15) is 0 Å². The van der Waals surface area contributed by atoms with E-state index in [4.69, 9.17) is 16.3 Å². The number of hydrogen-bond acceptors (Lipinski definition) is 5. The van der Waals surface area contributed by atoms with Gasteiger partial charge in [0.15, 0.2) is 0 Å². The molecule has 0 saturated carbocycles. The van der Waals surface area contributed by atoms with Crippen molar-refractivity contribution < 1.29 is 4.74 Å². The largest absolute Gasteiger partial charge is 0.496 e. The topological polar surface area (TPSA) is 75.7 Å². The molecule has 6 nitrogen and oxygen atoms in total. The molecular formula is C22H20ClN5O. The number of anilines is 2. The molecule has 0 fully saturated rings. The van der Waals surface area contributed by atoms with Gasteiger partial charge < -0.3 is 15.0 Å². The Bertz CT molecular complexity index is 1130. The summed E-state index contributed by atoms with van der Waals surface area (Å²) in [5, 5.41) is 3.68. The van der Waals surface area contributed by atoms with Crippen molar-refractivity contribution in [3.8, 4) is 17.1 Å². The Morgan fingerprint density at radius 3 is 2.59 bits per heavy atom. The quantitative estimate of drug-likeness (QED) is 0.433. The molecule has 146 valence electrons. The summed E-state index contributed by atoms with van der Waals surface area (Å²) in [5.74, 6) is 2.75. The molecule has 0 unspecified atom stereocenters. The van der Waals surface area contributed by atoms with Crippen LogP contribution in [0.5, 0.6) is 5.75 Å². The highest BCUT2D eigenvalue weighted by atomic mass is 35.5. The number of aromatic amines is 1. The normalized spacial score (nSPS) is 10.7. The number of ether oxygens (including phenoxy) is 1. The molecule has 2 aromatic heterocycles. The maximum absolute atomic E-state index is 6.22. The van der Waals surface area contributed by atoms with E-state index in [1.807, 2.05) is 61.7 Å². The average molecular weight is 406 g/mol. The van der Waals surface area contributed by atoms with Gasteiger partial charge in [0.05, 0.1) is 18.4 Å². The fourth-order valence-corrected chi connectivity index (χ4v) is 3.25. The summed E-state index contributed by atoms with van der Waals surface area (Å²) >= 11 is 6.22. The molecule has 0 amide bonds. The van der Waals surface area contributed by atoms with Crippen molar-refractivity contribution in [3.63, 3.8) is 0 Å². The summed E-state index contributed by atoms with van der Waals surface area (Å²) in [6.45, 7) is 1.94. The average Bonchev–Trinajstić information content (AvgIpc) is 3.14. The molecule has 0 aliphatic carbocycles. The highest BCUT2D eigenvalue weighted by Gasteiger charge is 2.11. The predicted molar refractivity (Wildman–Crippen MR) is 115 cm³/mol. The van der Waals surface area contributed by atoms with Crippen LogP contribution in [0.15, 0.2) is 60.8 Å². The molecule has 0 spiro atoms. The van der Waals surface area contributed by atoms with Gasteiger partial charge in [-0.3, -0.25) is 0 Å². The van der Waals surface area contributed by atoms with E-state index in [1.54, 1.807) is 13.2 Å². The third kappa shape index (κ3) is 4.55. The summed E-state index contributed by atoms with van der Waals surface area (Å²) in [6.07, 6.45) is 2.47. The lowest BCUT2D eigenvalue weighted by Gasteiger charge is -2.12. The number of methoxy groups -OCH3 is 1. The molecule has 0 radical (unpaired) electrons. The number of benzene rings is 2. The SMILES string of the molecule is COc1cc(Nc2cc(Cl)nc(Cc3ccccc3)n2)ccc1-c1nc(C)c[nH]1. The Kier molecular flexibility index (Phi) is 5.44. The van der Waals surface area contributed by atoms with Crippen molar-refractivity contribution in [1.82, 2.24) is 19.9 Å². The molecular weight excluding hydrogens is 386 g/mol. The zero-order valence-corrected chi connectivity index (χ0v) is 16.9. The second-order valence-electron chi connectivity index (χ2n) is 6.59. The van der Waals surface area contributed by atoms with Gasteiger partial charge in [0.25, 0.3) is 0 Å². The molecule has 0 atom stereocenters. The minimum atomic E-state index is 0.392. The number of rotatable bonds is 6. The number of nitrogens with zero attached hydrogens (tertiary/aromatic N) is 3. The Morgan fingerprint density at radius 1 is 1.03 bits per heavy atom. The van der Waals surface area contributed by atoms with Crippen molar-refractivity contribution in [3.05, 3.63) is 83.0 Å². The molecule has 4 rings (SSSR count). The molecule has 2 aromatic carbocycles. The highest BCUT2D eigenvalue weighted by molar-refractivity contribution is 6.29. The third-order valence-electron chi connectivity index (χ3n) is 4.38. The molecule has 7 heteroatoms. The van der Waals surface area contributed by atoms with Crippen molar-refractivity contribution in [2.75, 3.05) is 12.4 Å². The highest BCUT2D eigenvalue weighted by Crippen LogP contribution is 2.32. The zero-order valence-electron chi connectivity index (χ0n) is 16.1. The summed E-state index contributed by atoms with van der Waals surface area (Å²) in [5.41, 5.74) is 3.76. The monoisotopic (exact) mass is 405 g/mol. The third-order valence-corrected chi connectivity index (χ3v) is 4.57. The van der Waals surface area contributed by atoms with Gasteiger partial charge in [-0.05, 0) is 24.6 Å². The molecule has 4 aromatic rings. The summed E-state index contributed by atoms with van der Waals surface area (Å²) < 4.78 is 5.56. The number of aryl methyl sites for hydroxylation is 1. The van der Waals surface area contributed by atoms with Crippen molar-refractivity contribution >= 4 is 23.1 Å². The van der Waals surface area contributed by atoms with Crippen LogP contribution in [0, 0.1) is 6.92 Å². The maximum Gasteiger partial charge on any atom is 0.141 e. The van der Waals surface area contributed by atoms with E-state index in [-0.39, 0.29) is 0 Å². The first-order valence-corrected chi connectivity index (χ1v) is 9.53. The zero-order chi connectivity index (χ0) is 20.2. The van der Waals surface area contributed by atoms with Crippen LogP contribution in [-0.2, 0) is 6.42 Å². The second-order valence-corrected chi connectivity index (χ2v) is 6.97. The lowest BCUT2D eigenvalue weighted by Crippen LogP contribution is -2.02. The van der Waals surface area contributed by atoms with Gasteiger partial charge in [-0.15, -0.1) is 0 Å². The number of halogens is 1. The first-order chi connectivity index (χ1) is 14.1. The van der Waals surface area contributed by atoms with Gasteiger partial charge in [-0.25, -0.2) is 15.0 Å². The number of nitrogens with one attached hydrogen (secondary N) is 2. The van der Waals surface area contributed by atoms with E-state index in [0.29, 0.717) is 29.0 Å². The molecule has 29 heavy (non-hydrogen) atoms. The van der Waals surface area contributed by atoms with Gasteiger partial charge in [-0.2, -0.15) is 0 Å². The standard InChI is InChI=1S/C22H20ClN5O/c1-14-13-24-22(25-14)17-9-8-16(11-18(17)29-2)26-21-12-19(23)27-20(28-21)10-15-6-4-3-5-7-15/h3-9,11-13H,10H2,1-2H3,(H,24,25)(H,26,27,28). The van der Waals surface area contributed by atoms with Gasteiger partial charge in [-0.1, -0.05) is 41.9 Å². The van der Waals surface area contributed by atoms with Crippen LogP contribution >= 0.6 is 11.6 Å². The van der Waals surface area contributed by atoms with Crippen LogP contribution in [0.25, 0.3) is 11.4 Å². The van der Waals surface area contributed by atoms with Crippen LogP contribution in [0.2, 0.25) is 5.15 Å². The number of aromatic nitrogens is 4. The van der Waals surface area contributed by atoms with Crippen LogP contribution in [0.3, 0.4) is 0 Å². The fourth-order valence-electron chi connectivity index (χ4n) is 3.05. The van der Waals surface area contributed by atoms with Crippen LogP contribution in [0.4, 0.5) is 11.5 Å². The van der Waals surface area contributed by atoms with E-state index < -0.39 is 0 Å². The molecule has 0 saturated heterocycles. The Balaban J connectivity index is 1.59. The lowest BCUT2D eigenvalue weighted by atomic mass is 10.1. The van der Waals surface area contributed by atoms with Gasteiger partial charge in [0, 0.05) is 30.4 Å². The van der Waals surface area contributed by atoms with E-state index in [0.717, 1.165) is 28.3 Å². The van der Waals surface area contributed by atoms with E-state index >= 15 is 0 Å². The Labute approximate surface area is 174 Å². The Morgan fingerprint density at radius 2 is 1.86 bits per heavy atom. The van der Waals surface area contributed by atoms with Crippen LogP contribution in [0.1, 0.15) is 17.1 Å². The fraction of sp³-hybridized carbons (Fsp3) is 0.136. The molecule has 2 heterocycles. The molecule has 2 N–H and O–H groups in total. The maximum atomic E-state index is 6.22. The summed E-state index contributed by atoms with van der Waals surface area (Å²) in [7, 11) is 1.64. The first-order valence-electron chi connectivity index (χ1n) is 9.15. The smallest absolute Gasteiger partial charge is 0.141 e. The van der Waals surface area contributed by atoms with E-state index in [1.165, 1.54) is 0 Å². The van der Waals surface area contributed by atoms with Crippen LogP contribution in [-0.4, -0.2) is 27.0 Å². The predicted octanol–water partition coefficient (Wildman–Crippen LogP) is 5.17. The number of imidazole rings is 1. The van der Waals surface area contributed by atoms with Crippen molar-refractivity contribution in [1.29, 1.82) is 0 Å². The van der Waals surface area contributed by atoms with E-state index in [2.05, 4.69) is 25.3 Å². The van der Waals surface area contributed by atoms with Gasteiger partial charge >= 0.3 is 0 Å². The minimum absolute atomic E-state index is 0.392. The van der Waals surface area contributed by atoms with Crippen molar-refractivity contribution in [2.24, 2.45) is 0 Å².